The van der Waals surface area contributed by atoms with Crippen LogP contribution in [0.1, 0.15) is 81.8 Å². The lowest BCUT2D eigenvalue weighted by Crippen LogP contribution is -2.63. The molecule has 1 aliphatic rings. The second-order valence-corrected chi connectivity index (χ2v) is 9.86. The predicted octanol–water partition coefficient (Wildman–Crippen LogP) is 4.78. The number of nitrogens with one attached hydrogen (secondary N) is 1. The quantitative estimate of drug-likeness (QED) is 0.363. The highest BCUT2D eigenvalue weighted by Crippen LogP contribution is 2.34. The molecule has 1 N–H and O–H groups in total. The summed E-state index contributed by atoms with van der Waals surface area (Å²) in [4.78, 5) is 44.4. The summed E-state index contributed by atoms with van der Waals surface area (Å²) in [5.41, 5.74) is -0.284. The number of guanidine groups is 1. The maximum Gasteiger partial charge on any atom is 0.437 e. The molecule has 1 heterocycles. The molecule has 2 rings (SSSR count). The average Bonchev–Trinajstić information content (AvgIpc) is 2.82. The highest BCUT2D eigenvalue weighted by atomic mass is 16.6. The van der Waals surface area contributed by atoms with Gasteiger partial charge in [0.25, 0.3) is 0 Å². The highest BCUT2D eigenvalue weighted by Gasteiger charge is 2.43. The first-order valence-corrected chi connectivity index (χ1v) is 12.2. The summed E-state index contributed by atoms with van der Waals surface area (Å²) < 4.78 is 15.6. The number of hydrogen-bond acceptors (Lipinski definition) is 6. The summed E-state index contributed by atoms with van der Waals surface area (Å²) in [7, 11) is 2.89. The smallest absolute Gasteiger partial charge is 0.437 e. The van der Waals surface area contributed by atoms with Gasteiger partial charge in [-0.3, -0.25) is 9.69 Å². The van der Waals surface area contributed by atoms with E-state index in [2.05, 4.69) is 16.9 Å². The van der Waals surface area contributed by atoms with Crippen LogP contribution in [0.25, 0.3) is 0 Å². The zero-order chi connectivity index (χ0) is 26.9. The van der Waals surface area contributed by atoms with Crippen LogP contribution in [0.15, 0.2) is 41.9 Å². The summed E-state index contributed by atoms with van der Waals surface area (Å²) in [6.45, 7) is 11.4. The molecule has 36 heavy (non-hydrogen) atoms. The minimum absolute atomic E-state index is 0.121. The highest BCUT2D eigenvalue weighted by molar-refractivity contribution is 6.04. The number of carbonyl (C=O) groups is 3. The first-order valence-electron chi connectivity index (χ1n) is 12.2. The Morgan fingerprint density at radius 2 is 2.03 bits per heavy atom. The van der Waals surface area contributed by atoms with Crippen LogP contribution < -0.4 is 5.32 Å². The van der Waals surface area contributed by atoms with E-state index in [0.717, 1.165) is 0 Å². The zero-order valence-corrected chi connectivity index (χ0v) is 22.3. The van der Waals surface area contributed by atoms with Gasteiger partial charge in [0.1, 0.15) is 5.60 Å². The van der Waals surface area contributed by atoms with Crippen molar-refractivity contribution < 1.29 is 28.6 Å². The SMILES string of the molecule is C=CCCC1(CC)CC(=O)N([C@H](CCOC)c2cccc(C(=O)OC)c2)/C(=N/C(=O)OC(C)(C)C)N1. The molecule has 0 aromatic heterocycles. The number of rotatable bonds is 10. The molecule has 1 unspecified atom stereocenters. The van der Waals surface area contributed by atoms with Gasteiger partial charge < -0.3 is 19.5 Å². The fraction of sp³-hybridized carbons (Fsp3) is 0.556. The van der Waals surface area contributed by atoms with Gasteiger partial charge in [-0.1, -0.05) is 25.1 Å². The van der Waals surface area contributed by atoms with E-state index in [0.29, 0.717) is 43.4 Å². The molecule has 1 saturated heterocycles. The molecule has 1 aromatic carbocycles. The Bertz CT molecular complexity index is 984. The molecular weight excluding hydrogens is 462 g/mol. The molecule has 0 radical (unpaired) electrons. The van der Waals surface area contributed by atoms with Crippen molar-refractivity contribution in [3.63, 3.8) is 0 Å². The van der Waals surface area contributed by atoms with E-state index in [1.807, 2.05) is 13.0 Å². The Morgan fingerprint density at radius 3 is 2.61 bits per heavy atom. The van der Waals surface area contributed by atoms with Crippen LogP contribution in [0.3, 0.4) is 0 Å². The van der Waals surface area contributed by atoms with Crippen molar-refractivity contribution in [1.29, 1.82) is 0 Å². The van der Waals surface area contributed by atoms with E-state index in [9.17, 15) is 14.4 Å². The minimum Gasteiger partial charge on any atom is -0.465 e. The number of esters is 1. The number of amides is 2. The van der Waals surface area contributed by atoms with Crippen molar-refractivity contribution in [2.24, 2.45) is 4.99 Å². The summed E-state index contributed by atoms with van der Waals surface area (Å²) in [5, 5.41) is 3.40. The Balaban J connectivity index is 2.61. The minimum atomic E-state index is -0.799. The van der Waals surface area contributed by atoms with Crippen molar-refractivity contribution in [3.8, 4) is 0 Å². The molecule has 9 nitrogen and oxygen atoms in total. The van der Waals surface area contributed by atoms with Crippen LogP contribution in [0.5, 0.6) is 0 Å². The lowest BCUT2D eigenvalue weighted by atomic mass is 9.84. The average molecular weight is 502 g/mol. The number of aliphatic imine (C=N–C) groups is 1. The van der Waals surface area contributed by atoms with Crippen LogP contribution in [-0.4, -0.2) is 60.8 Å². The van der Waals surface area contributed by atoms with Crippen molar-refractivity contribution in [3.05, 3.63) is 48.0 Å². The molecule has 1 fully saturated rings. The normalized spacial score (nSPS) is 20.0. The van der Waals surface area contributed by atoms with E-state index in [1.165, 1.54) is 12.0 Å². The van der Waals surface area contributed by atoms with E-state index < -0.39 is 29.2 Å². The van der Waals surface area contributed by atoms with E-state index in [4.69, 9.17) is 14.2 Å². The van der Waals surface area contributed by atoms with Gasteiger partial charge in [0.2, 0.25) is 11.9 Å². The standard InChI is InChI=1S/C27H39N3O6/c1-8-10-15-27(9-2)18-22(31)30(24(29-27)28-25(33)36-26(3,4)5)21(14-16-34-6)19-12-11-13-20(17-19)23(32)35-7/h8,11-13,17,21H,1,9-10,14-16,18H2,2-7H3,(H,28,29,33)/t21-,27?/m1/s1. The second-order valence-electron chi connectivity index (χ2n) is 9.86. The lowest BCUT2D eigenvalue weighted by molar-refractivity contribution is -0.133. The zero-order valence-electron chi connectivity index (χ0n) is 22.3. The Morgan fingerprint density at radius 1 is 1.31 bits per heavy atom. The second kappa shape index (κ2) is 12.7. The first-order chi connectivity index (χ1) is 17.0. The van der Waals surface area contributed by atoms with Crippen LogP contribution in [0.2, 0.25) is 0 Å². The Labute approximate surface area is 213 Å². The van der Waals surface area contributed by atoms with Gasteiger partial charge in [-0.05, 0) is 64.2 Å². The number of allylic oxidation sites excluding steroid dienone is 1. The largest absolute Gasteiger partial charge is 0.465 e. The van der Waals surface area contributed by atoms with Crippen LogP contribution in [-0.2, 0) is 19.0 Å². The van der Waals surface area contributed by atoms with Gasteiger partial charge in [0, 0.05) is 19.3 Å². The number of methoxy groups -OCH3 is 2. The number of carbonyl (C=O) groups excluding carboxylic acids is 3. The number of nitrogens with zero attached hydrogens (tertiary/aromatic N) is 2. The van der Waals surface area contributed by atoms with Gasteiger partial charge in [-0.2, -0.15) is 0 Å². The van der Waals surface area contributed by atoms with Gasteiger partial charge in [0.05, 0.1) is 25.1 Å². The Hall–Kier alpha value is -3.20. The summed E-state index contributed by atoms with van der Waals surface area (Å²) in [6.07, 6.45) is 3.63. The van der Waals surface area contributed by atoms with Gasteiger partial charge in [-0.25, -0.2) is 9.59 Å². The molecule has 0 saturated carbocycles. The molecule has 0 aliphatic carbocycles. The van der Waals surface area contributed by atoms with Crippen molar-refractivity contribution in [1.82, 2.24) is 10.2 Å². The first kappa shape index (κ1) is 29.0. The monoisotopic (exact) mass is 501 g/mol. The molecule has 1 aromatic rings. The van der Waals surface area contributed by atoms with Crippen LogP contribution in [0.4, 0.5) is 4.79 Å². The van der Waals surface area contributed by atoms with Crippen molar-refractivity contribution >= 4 is 23.9 Å². The number of benzene rings is 1. The Kier molecular flexibility index (Phi) is 10.2. The van der Waals surface area contributed by atoms with Gasteiger partial charge in [-0.15, -0.1) is 11.6 Å². The maximum absolute atomic E-state index is 13.8. The van der Waals surface area contributed by atoms with Crippen molar-refractivity contribution in [2.75, 3.05) is 20.8 Å². The van der Waals surface area contributed by atoms with E-state index in [-0.39, 0.29) is 18.3 Å². The molecule has 0 bridgehead atoms. The van der Waals surface area contributed by atoms with Crippen LogP contribution >= 0.6 is 0 Å². The van der Waals surface area contributed by atoms with Crippen molar-refractivity contribution in [2.45, 2.75) is 77.0 Å². The number of hydrogen-bond donors (Lipinski definition) is 1. The predicted molar refractivity (Wildman–Crippen MR) is 138 cm³/mol. The molecule has 2 amide bonds. The molecule has 9 heteroatoms. The fourth-order valence-corrected chi connectivity index (χ4v) is 4.19. The molecule has 0 spiro atoms. The topological polar surface area (TPSA) is 107 Å². The number of ether oxygens (including phenoxy) is 3. The fourth-order valence-electron chi connectivity index (χ4n) is 4.19. The lowest BCUT2D eigenvalue weighted by Gasteiger charge is -2.45. The molecule has 2 atom stereocenters. The summed E-state index contributed by atoms with van der Waals surface area (Å²) in [5.74, 6) is -0.551. The third kappa shape index (κ3) is 7.65. The van der Waals surface area contributed by atoms with E-state index in [1.54, 1.807) is 52.2 Å². The van der Waals surface area contributed by atoms with Gasteiger partial charge in [0.15, 0.2) is 0 Å². The summed E-state index contributed by atoms with van der Waals surface area (Å²) >= 11 is 0. The molecule has 1 aliphatic heterocycles. The third-order valence-electron chi connectivity index (χ3n) is 6.06. The third-order valence-corrected chi connectivity index (χ3v) is 6.06. The van der Waals surface area contributed by atoms with Crippen LogP contribution in [0, 0.1) is 0 Å². The van der Waals surface area contributed by atoms with E-state index >= 15 is 0 Å². The van der Waals surface area contributed by atoms with Gasteiger partial charge >= 0.3 is 12.1 Å². The molecule has 198 valence electrons. The molecular formula is C27H39N3O6. The summed E-state index contributed by atoms with van der Waals surface area (Å²) in [6, 6.07) is 6.33. The maximum atomic E-state index is 13.8.